The molecule has 11 nitrogen and oxygen atoms in total. The molecule has 5 heterocycles. The van der Waals surface area contributed by atoms with Gasteiger partial charge >= 0.3 is 0 Å². The fourth-order valence-corrected chi connectivity index (χ4v) is 4.74. The molecule has 3 N–H and O–H groups in total. The Kier molecular flexibility index (Phi) is 7.61. The number of rotatable bonds is 8. The molecule has 0 atom stereocenters. The minimum atomic E-state index is 0.382. The third-order valence-electron chi connectivity index (χ3n) is 6.89. The number of nitrogens with zero attached hydrogens (tertiary/aromatic N) is 6. The van der Waals surface area contributed by atoms with E-state index >= 15 is 0 Å². The lowest BCUT2D eigenvalue weighted by Gasteiger charge is -2.27. The highest BCUT2D eigenvalue weighted by Crippen LogP contribution is 2.30. The summed E-state index contributed by atoms with van der Waals surface area (Å²) in [5, 5.41) is 3.98. The maximum absolute atomic E-state index is 6.33. The highest BCUT2D eigenvalue weighted by atomic mass is 16.5. The van der Waals surface area contributed by atoms with Crippen LogP contribution in [-0.4, -0.2) is 90.6 Å². The van der Waals surface area contributed by atoms with Crippen molar-refractivity contribution in [1.29, 1.82) is 0 Å². The third kappa shape index (κ3) is 6.00. The van der Waals surface area contributed by atoms with Gasteiger partial charge in [-0.2, -0.15) is 4.98 Å². The Labute approximate surface area is 226 Å². The van der Waals surface area contributed by atoms with Crippen LogP contribution in [0.2, 0.25) is 0 Å². The predicted molar refractivity (Wildman–Crippen MR) is 150 cm³/mol. The second-order valence-corrected chi connectivity index (χ2v) is 9.44. The molecule has 0 spiro atoms. The lowest BCUT2D eigenvalue weighted by molar-refractivity contribution is 0.0322. The van der Waals surface area contributed by atoms with Crippen LogP contribution in [0.4, 0.5) is 23.3 Å². The number of nitrogen functional groups attached to an aromatic ring is 1. The average molecular weight is 529 g/mol. The van der Waals surface area contributed by atoms with E-state index in [0.29, 0.717) is 37.1 Å². The smallest absolute Gasteiger partial charge is 0.229 e. The number of anilines is 4. The van der Waals surface area contributed by atoms with Gasteiger partial charge < -0.3 is 30.2 Å². The van der Waals surface area contributed by atoms with E-state index in [4.69, 9.17) is 24.9 Å². The fraction of sp³-hybridized carbons (Fsp3) is 0.357. The first-order valence-electron chi connectivity index (χ1n) is 13.2. The second-order valence-electron chi connectivity index (χ2n) is 9.44. The van der Waals surface area contributed by atoms with Crippen molar-refractivity contribution in [1.82, 2.24) is 24.8 Å². The van der Waals surface area contributed by atoms with Gasteiger partial charge in [-0.3, -0.25) is 9.88 Å². The first-order chi connectivity index (χ1) is 19.2. The minimum absolute atomic E-state index is 0.382. The van der Waals surface area contributed by atoms with Crippen LogP contribution in [0, 0.1) is 0 Å². The minimum Gasteiger partial charge on any atom is -0.492 e. The molecule has 0 saturated carbocycles. The zero-order valence-corrected chi connectivity index (χ0v) is 21.8. The van der Waals surface area contributed by atoms with Crippen molar-refractivity contribution in [2.45, 2.75) is 0 Å². The number of benzene rings is 1. The average Bonchev–Trinajstić information content (AvgIpc) is 2.99. The molecule has 2 saturated heterocycles. The number of fused-ring (bicyclic) bond motifs is 1. The molecular weight excluding hydrogens is 496 g/mol. The highest BCUT2D eigenvalue weighted by Gasteiger charge is 2.15. The molecule has 1 aromatic carbocycles. The van der Waals surface area contributed by atoms with Crippen molar-refractivity contribution in [2.75, 3.05) is 81.7 Å². The van der Waals surface area contributed by atoms with Crippen LogP contribution < -0.4 is 20.7 Å². The normalized spacial score (nSPS) is 16.4. The maximum atomic E-state index is 6.33. The van der Waals surface area contributed by atoms with Gasteiger partial charge in [-0.1, -0.05) is 0 Å². The molecule has 0 radical (unpaired) electrons. The van der Waals surface area contributed by atoms with Crippen molar-refractivity contribution in [2.24, 2.45) is 0 Å². The SMILES string of the molecule is Nc1nc(Nc2ccc(N3CCOCC3)nc2)nc2c(-c3ccc(OCCN4CCOCC4)cc3)nccc12. The number of hydrogen-bond donors (Lipinski definition) is 2. The van der Waals surface area contributed by atoms with Gasteiger partial charge in [0.05, 0.1) is 44.0 Å². The number of nitrogens with one attached hydrogen (secondary N) is 1. The first-order valence-corrected chi connectivity index (χ1v) is 13.2. The summed E-state index contributed by atoms with van der Waals surface area (Å²) in [4.78, 5) is 23.0. The molecule has 2 aliphatic rings. The van der Waals surface area contributed by atoms with Gasteiger partial charge in [-0.15, -0.1) is 0 Å². The van der Waals surface area contributed by atoms with Crippen LogP contribution >= 0.6 is 0 Å². The van der Waals surface area contributed by atoms with Crippen molar-refractivity contribution in [3.8, 4) is 17.0 Å². The summed E-state index contributed by atoms with van der Waals surface area (Å²) in [5.74, 6) is 2.50. The van der Waals surface area contributed by atoms with E-state index in [2.05, 4.69) is 30.1 Å². The van der Waals surface area contributed by atoms with Gasteiger partial charge in [0, 0.05) is 49.9 Å². The standard InChI is InChI=1S/C28H32N8O3/c29-27-23-7-8-30-25(20-1-4-22(5-2-20)39-18-11-35-9-14-37-15-10-35)26(23)33-28(34-27)32-21-3-6-24(31-19-21)36-12-16-38-17-13-36/h1-8,19H,9-18H2,(H3,29,32,33,34). The van der Waals surface area contributed by atoms with Crippen LogP contribution in [0.1, 0.15) is 0 Å². The molecule has 0 bridgehead atoms. The molecule has 3 aromatic heterocycles. The van der Waals surface area contributed by atoms with Crippen LogP contribution in [0.15, 0.2) is 54.9 Å². The topological polar surface area (TPSA) is 124 Å². The van der Waals surface area contributed by atoms with Crippen LogP contribution in [0.3, 0.4) is 0 Å². The summed E-state index contributed by atoms with van der Waals surface area (Å²) in [7, 11) is 0. The lowest BCUT2D eigenvalue weighted by Crippen LogP contribution is -2.38. The van der Waals surface area contributed by atoms with E-state index in [1.54, 1.807) is 12.4 Å². The Bertz CT molecular complexity index is 1390. The molecule has 0 aliphatic carbocycles. The first kappa shape index (κ1) is 25.2. The predicted octanol–water partition coefficient (Wildman–Crippen LogP) is 2.96. The van der Waals surface area contributed by atoms with Gasteiger partial charge in [-0.05, 0) is 42.5 Å². The number of pyridine rings is 2. The van der Waals surface area contributed by atoms with Crippen molar-refractivity contribution in [3.05, 3.63) is 54.9 Å². The Morgan fingerprint density at radius 1 is 0.872 bits per heavy atom. The highest BCUT2D eigenvalue weighted by molar-refractivity contribution is 5.97. The van der Waals surface area contributed by atoms with Gasteiger partial charge in [0.25, 0.3) is 0 Å². The Morgan fingerprint density at radius 2 is 1.64 bits per heavy atom. The maximum Gasteiger partial charge on any atom is 0.229 e. The molecule has 11 heteroatoms. The molecule has 0 amide bonds. The molecule has 39 heavy (non-hydrogen) atoms. The van der Waals surface area contributed by atoms with Gasteiger partial charge in [-0.25, -0.2) is 9.97 Å². The molecule has 6 rings (SSSR count). The number of hydrogen-bond acceptors (Lipinski definition) is 11. The summed E-state index contributed by atoms with van der Waals surface area (Å²) < 4.78 is 16.8. The fourth-order valence-electron chi connectivity index (χ4n) is 4.74. The van der Waals surface area contributed by atoms with Crippen LogP contribution in [0.25, 0.3) is 22.2 Å². The van der Waals surface area contributed by atoms with E-state index in [0.717, 1.165) is 79.8 Å². The van der Waals surface area contributed by atoms with E-state index in [1.165, 1.54) is 0 Å². The molecule has 2 aliphatic heterocycles. The molecule has 4 aromatic rings. The van der Waals surface area contributed by atoms with Crippen molar-refractivity contribution in [3.63, 3.8) is 0 Å². The van der Waals surface area contributed by atoms with Crippen LogP contribution in [-0.2, 0) is 9.47 Å². The van der Waals surface area contributed by atoms with Gasteiger partial charge in [0.15, 0.2) is 0 Å². The number of morpholine rings is 2. The molecule has 2 fully saturated rings. The Morgan fingerprint density at radius 3 is 2.38 bits per heavy atom. The van der Waals surface area contributed by atoms with Crippen LogP contribution in [0.5, 0.6) is 5.75 Å². The summed E-state index contributed by atoms with van der Waals surface area (Å²) in [6, 6.07) is 13.7. The van der Waals surface area contributed by atoms with Gasteiger partial charge in [0.2, 0.25) is 5.95 Å². The number of ether oxygens (including phenoxy) is 3. The summed E-state index contributed by atoms with van der Waals surface area (Å²) in [6.45, 7) is 8.09. The van der Waals surface area contributed by atoms with E-state index < -0.39 is 0 Å². The zero-order valence-electron chi connectivity index (χ0n) is 21.8. The van der Waals surface area contributed by atoms with E-state index in [1.807, 2.05) is 42.5 Å². The molecule has 0 unspecified atom stereocenters. The summed E-state index contributed by atoms with van der Waals surface area (Å²) >= 11 is 0. The van der Waals surface area contributed by atoms with Crippen molar-refractivity contribution < 1.29 is 14.2 Å². The monoisotopic (exact) mass is 528 g/mol. The molecular formula is C28H32N8O3. The number of aromatic nitrogens is 4. The summed E-state index contributed by atoms with van der Waals surface area (Å²) in [5.41, 5.74) is 9.43. The zero-order chi connectivity index (χ0) is 26.4. The third-order valence-corrected chi connectivity index (χ3v) is 6.89. The Balaban J connectivity index is 1.17. The van der Waals surface area contributed by atoms with Gasteiger partial charge in [0.1, 0.15) is 29.5 Å². The van der Waals surface area contributed by atoms with Crippen molar-refractivity contribution >= 4 is 34.2 Å². The van der Waals surface area contributed by atoms with E-state index in [-0.39, 0.29) is 0 Å². The number of nitrogens with two attached hydrogens (primary N) is 1. The quantitative estimate of drug-likeness (QED) is 0.351. The molecule has 202 valence electrons. The second kappa shape index (κ2) is 11.8. The summed E-state index contributed by atoms with van der Waals surface area (Å²) in [6.07, 6.45) is 3.50. The Hall–Kier alpha value is -4.06. The van der Waals surface area contributed by atoms with E-state index in [9.17, 15) is 0 Å². The lowest BCUT2D eigenvalue weighted by atomic mass is 10.1. The largest absolute Gasteiger partial charge is 0.492 e.